The van der Waals surface area contributed by atoms with Gasteiger partial charge in [-0.15, -0.1) is 0 Å². The van der Waals surface area contributed by atoms with E-state index >= 15 is 0 Å². The Balaban J connectivity index is 2.40. The lowest BCUT2D eigenvalue weighted by Crippen LogP contribution is -2.26. The number of nitrogens with one attached hydrogen (secondary N) is 1. The minimum absolute atomic E-state index is 0.105. The van der Waals surface area contributed by atoms with Gasteiger partial charge in [0.15, 0.2) is 0 Å². The molecule has 1 amide bonds. The van der Waals surface area contributed by atoms with Crippen molar-refractivity contribution in [1.29, 1.82) is 0 Å². The first-order valence-corrected chi connectivity index (χ1v) is 6.99. The topological polar surface area (TPSA) is 55.1 Å². The van der Waals surface area contributed by atoms with E-state index in [1.54, 1.807) is 0 Å². The van der Waals surface area contributed by atoms with Gasteiger partial charge in [0.05, 0.1) is 0 Å². The third-order valence-electron chi connectivity index (χ3n) is 3.16. The van der Waals surface area contributed by atoms with Gasteiger partial charge >= 0.3 is 0 Å². The Morgan fingerprint density at radius 1 is 1.21 bits per heavy atom. The molecule has 106 valence electrons. The third-order valence-corrected chi connectivity index (χ3v) is 3.16. The van der Waals surface area contributed by atoms with Crippen LogP contribution in [0.3, 0.4) is 0 Å². The zero-order valence-electron chi connectivity index (χ0n) is 12.3. The Morgan fingerprint density at radius 3 is 2.37 bits per heavy atom. The van der Waals surface area contributed by atoms with Crippen molar-refractivity contribution in [2.75, 3.05) is 13.1 Å². The van der Waals surface area contributed by atoms with Gasteiger partial charge in [-0.05, 0) is 35.9 Å². The summed E-state index contributed by atoms with van der Waals surface area (Å²) < 4.78 is 0. The molecule has 0 aromatic heterocycles. The number of aryl methyl sites for hydroxylation is 1. The molecule has 1 aromatic carbocycles. The van der Waals surface area contributed by atoms with Crippen LogP contribution in [0, 0.1) is 0 Å². The number of benzene rings is 1. The van der Waals surface area contributed by atoms with Crippen LogP contribution >= 0.6 is 0 Å². The van der Waals surface area contributed by atoms with Gasteiger partial charge in [-0.3, -0.25) is 4.79 Å². The molecule has 0 saturated carbocycles. The van der Waals surface area contributed by atoms with Crippen molar-refractivity contribution >= 4 is 5.91 Å². The van der Waals surface area contributed by atoms with Gasteiger partial charge in [-0.25, -0.2) is 0 Å². The van der Waals surface area contributed by atoms with Crippen LogP contribution in [0.2, 0.25) is 0 Å². The molecule has 1 rings (SSSR count). The fourth-order valence-corrected chi connectivity index (χ4v) is 1.85. The summed E-state index contributed by atoms with van der Waals surface area (Å²) in [7, 11) is 0. The standard InChI is InChI=1S/C16H26N2O/c1-16(2,3)14-8-5-13(6-9-14)7-10-15(19)18-12-4-11-17/h5-6,8-9H,4,7,10-12,17H2,1-3H3,(H,18,19). The lowest BCUT2D eigenvalue weighted by Gasteiger charge is -2.19. The average molecular weight is 262 g/mol. The van der Waals surface area contributed by atoms with E-state index in [-0.39, 0.29) is 11.3 Å². The zero-order chi connectivity index (χ0) is 14.3. The van der Waals surface area contributed by atoms with E-state index < -0.39 is 0 Å². The first-order chi connectivity index (χ1) is 8.93. The lowest BCUT2D eigenvalue weighted by molar-refractivity contribution is -0.121. The molecular formula is C16H26N2O. The first-order valence-electron chi connectivity index (χ1n) is 6.99. The maximum Gasteiger partial charge on any atom is 0.220 e. The van der Waals surface area contributed by atoms with Gasteiger partial charge < -0.3 is 11.1 Å². The molecule has 19 heavy (non-hydrogen) atoms. The number of carbonyl (C=O) groups is 1. The first kappa shape index (κ1) is 15.7. The van der Waals surface area contributed by atoms with Gasteiger partial charge in [-0.1, -0.05) is 45.0 Å². The molecule has 0 radical (unpaired) electrons. The predicted molar refractivity (Wildman–Crippen MR) is 80.1 cm³/mol. The summed E-state index contributed by atoms with van der Waals surface area (Å²) >= 11 is 0. The van der Waals surface area contributed by atoms with Crippen molar-refractivity contribution in [3.05, 3.63) is 35.4 Å². The maximum absolute atomic E-state index is 11.6. The Kier molecular flexibility index (Phi) is 6.03. The van der Waals surface area contributed by atoms with Crippen LogP contribution in [0.15, 0.2) is 24.3 Å². The lowest BCUT2D eigenvalue weighted by atomic mass is 9.86. The molecule has 0 unspecified atom stereocenters. The summed E-state index contributed by atoms with van der Waals surface area (Å²) in [4.78, 5) is 11.6. The molecule has 0 atom stereocenters. The number of carbonyl (C=O) groups excluding carboxylic acids is 1. The van der Waals surface area contributed by atoms with Crippen LogP contribution in [-0.4, -0.2) is 19.0 Å². The SMILES string of the molecule is CC(C)(C)c1ccc(CCC(=O)NCCCN)cc1. The Morgan fingerprint density at radius 2 is 1.84 bits per heavy atom. The number of rotatable bonds is 6. The van der Waals surface area contributed by atoms with Gasteiger partial charge in [-0.2, -0.15) is 0 Å². The van der Waals surface area contributed by atoms with Crippen molar-refractivity contribution in [3.8, 4) is 0 Å². The Labute approximate surface area is 116 Å². The van der Waals surface area contributed by atoms with Crippen LogP contribution in [0.1, 0.15) is 44.7 Å². The van der Waals surface area contributed by atoms with Gasteiger partial charge in [0.2, 0.25) is 5.91 Å². The number of hydrogen-bond acceptors (Lipinski definition) is 2. The molecule has 0 aliphatic rings. The van der Waals surface area contributed by atoms with Crippen LogP contribution in [-0.2, 0) is 16.6 Å². The molecule has 0 spiro atoms. The summed E-state index contributed by atoms with van der Waals surface area (Å²) in [5, 5.41) is 2.87. The van der Waals surface area contributed by atoms with Crippen molar-refractivity contribution < 1.29 is 4.79 Å². The molecule has 0 saturated heterocycles. The summed E-state index contributed by atoms with van der Waals surface area (Å²) in [5.41, 5.74) is 8.09. The smallest absolute Gasteiger partial charge is 0.220 e. The van der Waals surface area contributed by atoms with Gasteiger partial charge in [0.1, 0.15) is 0 Å². The van der Waals surface area contributed by atoms with E-state index in [0.29, 0.717) is 19.5 Å². The fraction of sp³-hybridized carbons (Fsp3) is 0.562. The highest BCUT2D eigenvalue weighted by Crippen LogP contribution is 2.22. The fourth-order valence-electron chi connectivity index (χ4n) is 1.85. The van der Waals surface area contributed by atoms with E-state index in [9.17, 15) is 4.79 Å². The highest BCUT2D eigenvalue weighted by atomic mass is 16.1. The van der Waals surface area contributed by atoms with Crippen molar-refractivity contribution in [2.24, 2.45) is 5.73 Å². The number of amides is 1. The second-order valence-corrected chi connectivity index (χ2v) is 5.94. The minimum Gasteiger partial charge on any atom is -0.356 e. The quantitative estimate of drug-likeness (QED) is 0.773. The average Bonchev–Trinajstić information content (AvgIpc) is 2.36. The molecule has 0 bridgehead atoms. The van der Waals surface area contributed by atoms with Crippen molar-refractivity contribution in [3.63, 3.8) is 0 Å². The molecule has 0 aliphatic carbocycles. The summed E-state index contributed by atoms with van der Waals surface area (Å²) in [5.74, 6) is 0.105. The predicted octanol–water partition coefficient (Wildman–Crippen LogP) is 2.38. The van der Waals surface area contributed by atoms with Crippen LogP contribution in [0.25, 0.3) is 0 Å². The van der Waals surface area contributed by atoms with Gasteiger partial charge in [0.25, 0.3) is 0 Å². The highest BCUT2D eigenvalue weighted by Gasteiger charge is 2.12. The summed E-state index contributed by atoms with van der Waals surface area (Å²) in [6.07, 6.45) is 2.17. The van der Waals surface area contributed by atoms with Crippen LogP contribution in [0.5, 0.6) is 0 Å². The number of hydrogen-bond donors (Lipinski definition) is 2. The highest BCUT2D eigenvalue weighted by molar-refractivity contribution is 5.76. The van der Waals surface area contributed by atoms with Crippen LogP contribution in [0.4, 0.5) is 0 Å². The van der Waals surface area contributed by atoms with E-state index in [1.807, 2.05) is 0 Å². The minimum atomic E-state index is 0.105. The summed E-state index contributed by atoms with van der Waals surface area (Å²) in [6, 6.07) is 8.55. The maximum atomic E-state index is 11.6. The molecule has 0 aliphatic heterocycles. The summed E-state index contributed by atoms with van der Waals surface area (Å²) in [6.45, 7) is 7.90. The van der Waals surface area contributed by atoms with Crippen molar-refractivity contribution in [2.45, 2.75) is 45.4 Å². The molecular weight excluding hydrogens is 236 g/mol. The molecule has 3 heteroatoms. The van der Waals surface area contributed by atoms with Crippen molar-refractivity contribution in [1.82, 2.24) is 5.32 Å². The molecule has 3 N–H and O–H groups in total. The Hall–Kier alpha value is -1.35. The molecule has 0 heterocycles. The second kappa shape index (κ2) is 7.29. The van der Waals surface area contributed by atoms with E-state index in [4.69, 9.17) is 5.73 Å². The number of nitrogens with two attached hydrogens (primary N) is 1. The van der Waals surface area contributed by atoms with Gasteiger partial charge in [0, 0.05) is 13.0 Å². The third kappa shape index (κ3) is 5.88. The Bertz CT molecular complexity index is 390. The molecule has 1 aromatic rings. The van der Waals surface area contributed by atoms with E-state index in [1.165, 1.54) is 11.1 Å². The normalized spacial score (nSPS) is 11.4. The second-order valence-electron chi connectivity index (χ2n) is 5.94. The van der Waals surface area contributed by atoms with E-state index in [2.05, 4.69) is 50.4 Å². The largest absolute Gasteiger partial charge is 0.356 e. The van der Waals surface area contributed by atoms with E-state index in [0.717, 1.165) is 12.8 Å². The molecule has 0 fully saturated rings. The monoisotopic (exact) mass is 262 g/mol. The van der Waals surface area contributed by atoms with Crippen LogP contribution < -0.4 is 11.1 Å². The zero-order valence-corrected chi connectivity index (χ0v) is 12.3. The molecule has 3 nitrogen and oxygen atoms in total.